The molecule has 0 aliphatic rings. The molecule has 0 nitrogen and oxygen atoms in total. The molecule has 0 aliphatic heterocycles. The van der Waals surface area contributed by atoms with E-state index in [1.54, 1.807) is 0 Å². The Kier molecular flexibility index (Phi) is 14.0. The molecule has 183 valence electrons. The van der Waals surface area contributed by atoms with E-state index in [4.69, 9.17) is 0 Å². The van der Waals surface area contributed by atoms with E-state index in [2.05, 4.69) is 139 Å². The molecule has 0 amide bonds. The van der Waals surface area contributed by atoms with Crippen molar-refractivity contribution in [3.8, 4) is 0 Å². The van der Waals surface area contributed by atoms with E-state index in [0.29, 0.717) is 0 Å². The number of hydrogen-bond acceptors (Lipinski definition) is 0. The van der Waals surface area contributed by atoms with Crippen LogP contribution in [0.1, 0.15) is 87.5 Å². The molecule has 0 saturated heterocycles. The smallest absolute Gasteiger partial charge is 0.187 e. The molecule has 0 atom stereocenters. The van der Waals surface area contributed by atoms with Crippen LogP contribution in [0.25, 0.3) is 0 Å². The molecule has 3 aromatic rings. The average molecular weight is 494 g/mol. The van der Waals surface area contributed by atoms with Gasteiger partial charge in [0, 0.05) is 0 Å². The first-order valence-electron chi connectivity index (χ1n) is 12.1. The molecule has 34 heavy (non-hydrogen) atoms. The minimum Gasteiger partial charge on any atom is -0.187 e. The molecule has 0 aliphatic carbocycles. The van der Waals surface area contributed by atoms with E-state index >= 15 is 0 Å². The van der Waals surface area contributed by atoms with Gasteiger partial charge in [0.15, 0.2) is 0 Å². The van der Waals surface area contributed by atoms with E-state index < -0.39 is 0 Å². The zero-order chi connectivity index (χ0) is 25.3. The van der Waals surface area contributed by atoms with Crippen LogP contribution >= 0.6 is 0 Å². The molecule has 0 N–H and O–H groups in total. The second kappa shape index (κ2) is 14.9. The maximum atomic E-state index is 2.22. The Hall–Kier alpha value is -2.20. The van der Waals surface area contributed by atoms with Crippen molar-refractivity contribution in [3.63, 3.8) is 0 Å². The third-order valence-electron chi connectivity index (χ3n) is 6.08. The van der Waals surface area contributed by atoms with Gasteiger partial charge in [-0.2, -0.15) is 69.3 Å². The van der Waals surface area contributed by atoms with Gasteiger partial charge >= 0.3 is 17.4 Å². The molecular weight excluding hydrogens is 448 g/mol. The Bertz CT molecular complexity index is 850. The van der Waals surface area contributed by atoms with Crippen molar-refractivity contribution in [3.05, 3.63) is 122 Å². The van der Waals surface area contributed by atoms with Crippen LogP contribution in [0.4, 0.5) is 0 Å². The first-order valence-corrected chi connectivity index (χ1v) is 12.1. The molecular formula is C33H45Cr. The first kappa shape index (κ1) is 31.8. The van der Waals surface area contributed by atoms with E-state index in [1.165, 1.54) is 66.8 Å². The summed E-state index contributed by atoms with van der Waals surface area (Å²) in [6.07, 6.45) is 6.51. The number of aryl methyl sites for hydroxylation is 9. The molecule has 3 rings (SSSR count). The maximum Gasteiger partial charge on any atom is 3.00 e. The maximum absolute atomic E-state index is 2.22. The van der Waals surface area contributed by atoms with E-state index in [1.807, 2.05) is 0 Å². The number of rotatable bonds is 3. The zero-order valence-electron chi connectivity index (χ0n) is 23.6. The van der Waals surface area contributed by atoms with Crippen molar-refractivity contribution in [2.45, 2.75) is 83.1 Å². The fourth-order valence-electron chi connectivity index (χ4n) is 4.94. The minimum absolute atomic E-state index is 0. The van der Waals surface area contributed by atoms with Gasteiger partial charge in [-0.25, -0.2) is 0 Å². The van der Waals surface area contributed by atoms with Gasteiger partial charge in [0.1, 0.15) is 0 Å². The molecule has 0 aromatic heterocycles. The van der Waals surface area contributed by atoms with Gasteiger partial charge in [-0.05, 0) is 20.8 Å². The largest absolute Gasteiger partial charge is 3.00 e. The Morgan fingerprint density at radius 2 is 0.500 bits per heavy atom. The topological polar surface area (TPSA) is 0 Å². The second-order valence-corrected chi connectivity index (χ2v) is 9.30. The summed E-state index contributed by atoms with van der Waals surface area (Å²) in [4.78, 5) is 0. The fourth-order valence-corrected chi connectivity index (χ4v) is 4.94. The first-order chi connectivity index (χ1) is 15.4. The van der Waals surface area contributed by atoms with Crippen LogP contribution in [0.5, 0.6) is 0 Å². The van der Waals surface area contributed by atoms with Crippen LogP contribution in [-0.4, -0.2) is 0 Å². The SMILES string of the molecule is C[CH-]c1c(C)cc(C)cc1C.C[CH-]c1c(C)cc(C)cc1C.C[CH-]c1c(C)cc(C)cc1C.[Cr+3]. The summed E-state index contributed by atoms with van der Waals surface area (Å²) in [5.41, 5.74) is 16.5. The summed E-state index contributed by atoms with van der Waals surface area (Å²) in [6.45, 7) is 25.7. The van der Waals surface area contributed by atoms with E-state index in [9.17, 15) is 0 Å². The summed E-state index contributed by atoms with van der Waals surface area (Å²) in [5.74, 6) is 0. The van der Waals surface area contributed by atoms with Crippen molar-refractivity contribution in [1.82, 2.24) is 0 Å². The molecule has 3 aromatic carbocycles. The molecule has 1 heteroatoms. The van der Waals surface area contributed by atoms with Crippen LogP contribution in [0.2, 0.25) is 0 Å². The van der Waals surface area contributed by atoms with Crippen LogP contribution in [0, 0.1) is 81.6 Å². The standard InChI is InChI=1S/3C11H15.Cr/c3*1-5-11-9(3)6-8(2)7-10(11)4;/h3*5-7H,1-4H3;/q3*-1;+3. The predicted molar refractivity (Wildman–Crippen MR) is 149 cm³/mol. The van der Waals surface area contributed by atoms with Gasteiger partial charge in [0.25, 0.3) is 0 Å². The van der Waals surface area contributed by atoms with Gasteiger partial charge < -0.3 is 0 Å². The summed E-state index contributed by atoms with van der Waals surface area (Å²) in [7, 11) is 0. The Balaban J connectivity index is 0.000000473. The molecule has 1 radical (unpaired) electrons. The van der Waals surface area contributed by atoms with Crippen LogP contribution in [-0.2, 0) is 17.4 Å². The Labute approximate surface area is 222 Å². The normalized spacial score (nSPS) is 9.53. The summed E-state index contributed by atoms with van der Waals surface area (Å²) >= 11 is 0. The molecule has 0 saturated carbocycles. The van der Waals surface area contributed by atoms with Crippen molar-refractivity contribution in [2.24, 2.45) is 0 Å². The molecule has 0 bridgehead atoms. The average Bonchev–Trinajstić information content (AvgIpc) is 2.68. The Morgan fingerprint density at radius 3 is 0.618 bits per heavy atom. The van der Waals surface area contributed by atoms with Crippen LogP contribution in [0.15, 0.2) is 36.4 Å². The monoisotopic (exact) mass is 493 g/mol. The van der Waals surface area contributed by atoms with Gasteiger partial charge in [0.2, 0.25) is 0 Å². The van der Waals surface area contributed by atoms with Crippen molar-refractivity contribution in [1.29, 1.82) is 0 Å². The van der Waals surface area contributed by atoms with E-state index in [-0.39, 0.29) is 17.4 Å². The third-order valence-corrected chi connectivity index (χ3v) is 6.08. The van der Waals surface area contributed by atoms with Gasteiger partial charge in [0.05, 0.1) is 0 Å². The second-order valence-electron chi connectivity index (χ2n) is 9.30. The van der Waals surface area contributed by atoms with Crippen molar-refractivity contribution < 1.29 is 17.4 Å². The van der Waals surface area contributed by atoms with Gasteiger partial charge in [-0.1, -0.05) is 79.0 Å². The fraction of sp³-hybridized carbons (Fsp3) is 0.364. The van der Waals surface area contributed by atoms with Crippen molar-refractivity contribution >= 4 is 0 Å². The summed E-state index contributed by atoms with van der Waals surface area (Å²) in [5, 5.41) is 0. The predicted octanol–water partition coefficient (Wildman–Crippen LogP) is 9.55. The molecule has 0 unspecified atom stereocenters. The summed E-state index contributed by atoms with van der Waals surface area (Å²) < 4.78 is 0. The summed E-state index contributed by atoms with van der Waals surface area (Å²) in [6, 6.07) is 13.3. The number of hydrogen-bond donors (Lipinski definition) is 0. The quantitative estimate of drug-likeness (QED) is 0.319. The minimum atomic E-state index is 0. The molecule has 0 heterocycles. The van der Waals surface area contributed by atoms with E-state index in [0.717, 1.165) is 0 Å². The Morgan fingerprint density at radius 1 is 0.353 bits per heavy atom. The third kappa shape index (κ3) is 9.21. The van der Waals surface area contributed by atoms with Crippen LogP contribution in [0.3, 0.4) is 0 Å². The van der Waals surface area contributed by atoms with Gasteiger partial charge in [-0.15, -0.1) is 36.4 Å². The van der Waals surface area contributed by atoms with Crippen molar-refractivity contribution in [2.75, 3.05) is 0 Å². The zero-order valence-corrected chi connectivity index (χ0v) is 24.9. The van der Waals surface area contributed by atoms with Crippen LogP contribution < -0.4 is 0 Å². The number of benzene rings is 3. The molecule has 0 fully saturated rings. The van der Waals surface area contributed by atoms with Gasteiger partial charge in [-0.3, -0.25) is 0 Å². The molecule has 0 spiro atoms.